The van der Waals surface area contributed by atoms with Crippen LogP contribution in [-0.4, -0.2) is 21.0 Å². The van der Waals surface area contributed by atoms with Gasteiger partial charge in [-0.3, -0.25) is 4.40 Å². The first kappa shape index (κ1) is 15.7. The molecule has 0 aliphatic heterocycles. The second-order valence-corrected chi connectivity index (χ2v) is 6.42. The van der Waals surface area contributed by atoms with E-state index in [1.807, 2.05) is 62.5 Å². The molecule has 0 fully saturated rings. The van der Waals surface area contributed by atoms with E-state index in [0.29, 0.717) is 6.61 Å². The van der Waals surface area contributed by atoms with E-state index >= 15 is 0 Å². The van der Waals surface area contributed by atoms with Crippen LogP contribution in [-0.2, 0) is 0 Å². The van der Waals surface area contributed by atoms with Crippen molar-refractivity contribution in [2.75, 3.05) is 11.9 Å². The van der Waals surface area contributed by atoms with Crippen molar-refractivity contribution in [1.82, 2.24) is 14.4 Å². The highest BCUT2D eigenvalue weighted by Gasteiger charge is 2.14. The summed E-state index contributed by atoms with van der Waals surface area (Å²) in [6.07, 6.45) is 2.02. The van der Waals surface area contributed by atoms with E-state index in [1.165, 1.54) is 0 Å². The number of nitrogens with one attached hydrogen (secondary N) is 1. The van der Waals surface area contributed by atoms with Crippen LogP contribution in [0.1, 0.15) is 12.6 Å². The number of nitrogens with zero attached hydrogens (tertiary/aromatic N) is 3. The molecule has 0 saturated carbocycles. The molecule has 1 aromatic carbocycles. The number of ether oxygens (including phenoxy) is 1. The summed E-state index contributed by atoms with van der Waals surface area (Å²) in [4.78, 5) is 9.36. The molecule has 6 heteroatoms. The van der Waals surface area contributed by atoms with Gasteiger partial charge < -0.3 is 10.1 Å². The lowest BCUT2D eigenvalue weighted by atomic mass is 10.3. The number of para-hydroxylation sites is 2. The first-order valence-corrected chi connectivity index (χ1v) is 9.02. The predicted molar refractivity (Wildman–Crippen MR) is 102 cm³/mol. The highest BCUT2D eigenvalue weighted by Crippen LogP contribution is 2.32. The Bertz CT molecular complexity index is 1020. The van der Waals surface area contributed by atoms with Gasteiger partial charge >= 0.3 is 0 Å². The maximum absolute atomic E-state index is 5.67. The van der Waals surface area contributed by atoms with Crippen molar-refractivity contribution in [3.8, 4) is 17.1 Å². The van der Waals surface area contributed by atoms with E-state index in [4.69, 9.17) is 9.72 Å². The van der Waals surface area contributed by atoms with Crippen LogP contribution >= 0.6 is 11.3 Å². The second-order valence-electron chi connectivity index (χ2n) is 5.57. The smallest absolute Gasteiger partial charge is 0.187 e. The van der Waals surface area contributed by atoms with Crippen molar-refractivity contribution in [2.45, 2.75) is 13.8 Å². The summed E-state index contributed by atoms with van der Waals surface area (Å²) in [6.45, 7) is 4.62. The van der Waals surface area contributed by atoms with Crippen molar-refractivity contribution in [1.29, 1.82) is 0 Å². The summed E-state index contributed by atoms with van der Waals surface area (Å²) in [5.41, 5.74) is 4.76. The van der Waals surface area contributed by atoms with E-state index in [9.17, 15) is 0 Å². The Morgan fingerprint density at radius 2 is 1.96 bits per heavy atom. The van der Waals surface area contributed by atoms with Crippen LogP contribution < -0.4 is 10.1 Å². The number of benzene rings is 1. The molecule has 0 spiro atoms. The number of fused-ring (bicyclic) bond motifs is 1. The quantitative estimate of drug-likeness (QED) is 0.556. The Morgan fingerprint density at radius 3 is 2.84 bits per heavy atom. The summed E-state index contributed by atoms with van der Waals surface area (Å²) in [5, 5.41) is 6.24. The third-order valence-electron chi connectivity index (χ3n) is 3.88. The SMILES string of the molecule is CCOc1ccccc1Nc1nc(-c2c(C)nc3ccccn23)cs1. The zero-order valence-electron chi connectivity index (χ0n) is 14.1. The maximum Gasteiger partial charge on any atom is 0.187 e. The van der Waals surface area contributed by atoms with Gasteiger partial charge in [0.05, 0.1) is 23.7 Å². The third-order valence-corrected chi connectivity index (χ3v) is 4.64. The molecule has 5 nitrogen and oxygen atoms in total. The van der Waals surface area contributed by atoms with Gasteiger partial charge in [-0.2, -0.15) is 0 Å². The molecule has 0 saturated heterocycles. The van der Waals surface area contributed by atoms with Crippen molar-refractivity contribution in [3.05, 3.63) is 59.7 Å². The predicted octanol–water partition coefficient (Wildman–Crippen LogP) is 4.91. The summed E-state index contributed by atoms with van der Waals surface area (Å²) in [6, 6.07) is 13.9. The highest BCUT2D eigenvalue weighted by molar-refractivity contribution is 7.14. The second kappa shape index (κ2) is 6.57. The Labute approximate surface area is 150 Å². The number of hydrogen-bond donors (Lipinski definition) is 1. The topological polar surface area (TPSA) is 51.5 Å². The minimum Gasteiger partial charge on any atom is -0.492 e. The molecule has 0 unspecified atom stereocenters. The molecular formula is C19H18N4OS. The monoisotopic (exact) mass is 350 g/mol. The van der Waals surface area contributed by atoms with E-state index < -0.39 is 0 Å². The number of aromatic nitrogens is 3. The van der Waals surface area contributed by atoms with Crippen LogP contribution in [0.5, 0.6) is 5.75 Å². The first-order valence-electron chi connectivity index (χ1n) is 8.14. The number of aryl methyl sites for hydroxylation is 1. The lowest BCUT2D eigenvalue weighted by Gasteiger charge is -2.09. The van der Waals surface area contributed by atoms with Crippen molar-refractivity contribution in [2.24, 2.45) is 0 Å². The van der Waals surface area contributed by atoms with Crippen LogP contribution in [0.25, 0.3) is 17.0 Å². The van der Waals surface area contributed by atoms with Gasteiger partial charge in [0.2, 0.25) is 0 Å². The van der Waals surface area contributed by atoms with Crippen LogP contribution in [0.4, 0.5) is 10.8 Å². The maximum atomic E-state index is 5.67. The fourth-order valence-electron chi connectivity index (χ4n) is 2.83. The van der Waals surface area contributed by atoms with Crippen molar-refractivity contribution in [3.63, 3.8) is 0 Å². The molecule has 3 heterocycles. The Hall–Kier alpha value is -2.86. The number of anilines is 2. The lowest BCUT2D eigenvalue weighted by molar-refractivity contribution is 0.342. The van der Waals surface area contributed by atoms with Gasteiger partial charge in [0.25, 0.3) is 0 Å². The molecule has 25 heavy (non-hydrogen) atoms. The van der Waals surface area contributed by atoms with Crippen LogP contribution in [0.2, 0.25) is 0 Å². The van der Waals surface area contributed by atoms with Gasteiger partial charge in [0, 0.05) is 11.6 Å². The van der Waals surface area contributed by atoms with Gasteiger partial charge in [0.15, 0.2) is 5.13 Å². The van der Waals surface area contributed by atoms with E-state index in [2.05, 4.69) is 20.1 Å². The van der Waals surface area contributed by atoms with Crippen LogP contribution in [0.15, 0.2) is 54.0 Å². The molecule has 0 aliphatic rings. The van der Waals surface area contributed by atoms with E-state index in [-0.39, 0.29) is 0 Å². The minimum absolute atomic E-state index is 0.628. The lowest BCUT2D eigenvalue weighted by Crippen LogP contribution is -1.97. The molecule has 0 radical (unpaired) electrons. The number of pyridine rings is 1. The fraction of sp³-hybridized carbons (Fsp3) is 0.158. The number of imidazole rings is 1. The molecule has 4 rings (SSSR count). The Kier molecular flexibility index (Phi) is 4.11. The zero-order chi connectivity index (χ0) is 17.2. The average molecular weight is 350 g/mol. The summed E-state index contributed by atoms with van der Waals surface area (Å²) in [7, 11) is 0. The van der Waals surface area contributed by atoms with Crippen LogP contribution in [0.3, 0.4) is 0 Å². The van der Waals surface area contributed by atoms with Gasteiger partial charge in [0.1, 0.15) is 17.1 Å². The normalized spacial score (nSPS) is 11.0. The Balaban J connectivity index is 1.68. The van der Waals surface area contributed by atoms with E-state index in [1.54, 1.807) is 11.3 Å². The molecule has 126 valence electrons. The van der Waals surface area contributed by atoms with Gasteiger partial charge in [-0.05, 0) is 38.1 Å². The first-order chi connectivity index (χ1) is 12.3. The Morgan fingerprint density at radius 1 is 1.12 bits per heavy atom. The largest absolute Gasteiger partial charge is 0.492 e. The summed E-state index contributed by atoms with van der Waals surface area (Å²) in [5.74, 6) is 0.827. The summed E-state index contributed by atoms with van der Waals surface area (Å²) < 4.78 is 7.74. The average Bonchev–Trinajstić information content (AvgIpc) is 3.19. The molecule has 3 aromatic heterocycles. The van der Waals surface area contributed by atoms with Gasteiger partial charge in [-0.25, -0.2) is 9.97 Å². The van der Waals surface area contributed by atoms with Crippen LogP contribution in [0, 0.1) is 6.92 Å². The number of hydrogen-bond acceptors (Lipinski definition) is 5. The molecular weight excluding hydrogens is 332 g/mol. The molecule has 4 aromatic rings. The number of thiazole rings is 1. The fourth-order valence-corrected chi connectivity index (χ4v) is 3.54. The minimum atomic E-state index is 0.628. The zero-order valence-corrected chi connectivity index (χ0v) is 14.9. The standard InChI is InChI=1S/C19H18N4OS/c1-3-24-16-9-5-4-8-14(16)21-19-22-15(12-25-19)18-13(2)20-17-10-6-7-11-23(17)18/h4-12H,3H2,1-2H3,(H,21,22). The van der Waals surface area contributed by atoms with Gasteiger partial charge in [-0.15, -0.1) is 11.3 Å². The molecule has 0 amide bonds. The summed E-state index contributed by atoms with van der Waals surface area (Å²) >= 11 is 1.57. The highest BCUT2D eigenvalue weighted by atomic mass is 32.1. The molecule has 0 aliphatic carbocycles. The third kappa shape index (κ3) is 2.96. The molecule has 0 bridgehead atoms. The van der Waals surface area contributed by atoms with Crippen molar-refractivity contribution >= 4 is 27.8 Å². The number of rotatable bonds is 5. The van der Waals surface area contributed by atoms with E-state index in [0.717, 1.165) is 39.3 Å². The van der Waals surface area contributed by atoms with Crippen molar-refractivity contribution < 1.29 is 4.74 Å². The molecule has 0 atom stereocenters. The van der Waals surface area contributed by atoms with Gasteiger partial charge in [-0.1, -0.05) is 18.2 Å². The molecule has 1 N–H and O–H groups in total.